The summed E-state index contributed by atoms with van der Waals surface area (Å²) in [4.78, 5) is 11.1. The Morgan fingerprint density at radius 3 is 2.75 bits per heavy atom. The second kappa shape index (κ2) is 6.73. The number of ether oxygens (including phenoxy) is 1. The summed E-state index contributed by atoms with van der Waals surface area (Å²) in [7, 11) is 1.31. The molecule has 0 aromatic carbocycles. The highest BCUT2D eigenvalue weighted by molar-refractivity contribution is 5.86. The smallest absolute Gasteiger partial charge is 0.358 e. The summed E-state index contributed by atoms with van der Waals surface area (Å²) in [6.07, 6.45) is 0. The highest BCUT2D eigenvalue weighted by Gasteiger charge is 2.06. The van der Waals surface area contributed by atoms with Crippen LogP contribution in [0.15, 0.2) is 12.1 Å². The number of rotatable bonds is 6. The van der Waals surface area contributed by atoms with E-state index >= 15 is 0 Å². The van der Waals surface area contributed by atoms with Crippen LogP contribution < -0.4 is 10.6 Å². The molecule has 0 saturated carbocycles. The fourth-order valence-corrected chi connectivity index (χ4v) is 1.10. The molecule has 1 aromatic rings. The van der Waals surface area contributed by atoms with Gasteiger partial charge in [-0.2, -0.15) is 0 Å². The zero-order valence-corrected chi connectivity index (χ0v) is 9.49. The number of nitrogens with one attached hydrogen (secondary N) is 2. The topological polar surface area (TPSA) is 76.1 Å². The average molecular weight is 224 g/mol. The van der Waals surface area contributed by atoms with Crippen molar-refractivity contribution in [1.29, 1.82) is 0 Å². The van der Waals surface area contributed by atoms with E-state index in [1.54, 1.807) is 12.1 Å². The first-order valence-corrected chi connectivity index (χ1v) is 5.14. The van der Waals surface area contributed by atoms with Gasteiger partial charge in [-0.25, -0.2) is 4.79 Å². The van der Waals surface area contributed by atoms with Crippen LogP contribution >= 0.6 is 0 Å². The SMILES string of the molecule is CCNCCNc1ccc(C(=O)OC)nn1. The summed E-state index contributed by atoms with van der Waals surface area (Å²) in [5.41, 5.74) is 0.208. The van der Waals surface area contributed by atoms with Crippen molar-refractivity contribution in [3.05, 3.63) is 17.8 Å². The van der Waals surface area contributed by atoms with Crippen molar-refractivity contribution >= 4 is 11.8 Å². The highest BCUT2D eigenvalue weighted by atomic mass is 16.5. The number of likely N-dealkylation sites (N-methyl/N-ethyl adjacent to an activating group) is 1. The lowest BCUT2D eigenvalue weighted by Gasteiger charge is -2.05. The molecule has 6 nitrogen and oxygen atoms in total. The molecular weight excluding hydrogens is 208 g/mol. The molecule has 88 valence electrons. The molecule has 0 unspecified atom stereocenters. The second-order valence-corrected chi connectivity index (χ2v) is 3.08. The fourth-order valence-electron chi connectivity index (χ4n) is 1.10. The first kappa shape index (κ1) is 12.4. The summed E-state index contributed by atoms with van der Waals surface area (Å²) < 4.78 is 4.52. The molecule has 0 atom stereocenters. The summed E-state index contributed by atoms with van der Waals surface area (Å²) in [5, 5.41) is 13.8. The van der Waals surface area contributed by atoms with Gasteiger partial charge >= 0.3 is 5.97 Å². The molecule has 1 aromatic heterocycles. The molecule has 0 aliphatic carbocycles. The maximum Gasteiger partial charge on any atom is 0.358 e. The zero-order chi connectivity index (χ0) is 11.8. The molecule has 1 heterocycles. The number of hydrogen-bond acceptors (Lipinski definition) is 6. The standard InChI is InChI=1S/C10H16N4O2/c1-3-11-6-7-12-9-5-4-8(13-14-9)10(15)16-2/h4-5,11H,3,6-7H2,1-2H3,(H,12,14). The van der Waals surface area contributed by atoms with Crippen LogP contribution in [0.2, 0.25) is 0 Å². The second-order valence-electron chi connectivity index (χ2n) is 3.08. The van der Waals surface area contributed by atoms with Crippen LogP contribution in [-0.4, -0.2) is 42.9 Å². The van der Waals surface area contributed by atoms with E-state index in [0.29, 0.717) is 5.82 Å². The third-order valence-corrected chi connectivity index (χ3v) is 1.92. The molecule has 0 saturated heterocycles. The van der Waals surface area contributed by atoms with Crippen molar-refractivity contribution in [2.75, 3.05) is 32.1 Å². The Kier molecular flexibility index (Phi) is 5.21. The maximum atomic E-state index is 11.1. The largest absolute Gasteiger partial charge is 0.464 e. The molecule has 0 aliphatic rings. The minimum atomic E-state index is -0.480. The molecular formula is C10H16N4O2. The van der Waals surface area contributed by atoms with Gasteiger partial charge < -0.3 is 15.4 Å². The third-order valence-electron chi connectivity index (χ3n) is 1.92. The first-order chi connectivity index (χ1) is 7.77. The Labute approximate surface area is 94.4 Å². The van der Waals surface area contributed by atoms with E-state index in [9.17, 15) is 4.79 Å². The lowest BCUT2D eigenvalue weighted by molar-refractivity contribution is 0.0593. The van der Waals surface area contributed by atoms with Gasteiger partial charge in [0.15, 0.2) is 5.69 Å². The molecule has 0 radical (unpaired) electrons. The summed E-state index contributed by atoms with van der Waals surface area (Å²) in [5.74, 6) is 0.164. The van der Waals surface area contributed by atoms with Crippen molar-refractivity contribution in [2.24, 2.45) is 0 Å². The molecule has 0 bridgehead atoms. The number of nitrogens with zero attached hydrogens (tertiary/aromatic N) is 2. The Balaban J connectivity index is 2.42. The molecule has 6 heteroatoms. The Morgan fingerprint density at radius 1 is 1.38 bits per heavy atom. The number of carbonyl (C=O) groups excluding carboxylic acids is 1. The average Bonchev–Trinajstić information content (AvgIpc) is 2.34. The molecule has 0 amide bonds. The van der Waals surface area contributed by atoms with Crippen LogP contribution in [0.3, 0.4) is 0 Å². The lowest BCUT2D eigenvalue weighted by Crippen LogP contribution is -2.22. The minimum Gasteiger partial charge on any atom is -0.464 e. The Morgan fingerprint density at radius 2 is 2.19 bits per heavy atom. The number of aromatic nitrogens is 2. The van der Waals surface area contributed by atoms with Gasteiger partial charge in [-0.05, 0) is 18.7 Å². The highest BCUT2D eigenvalue weighted by Crippen LogP contribution is 2.02. The molecule has 2 N–H and O–H groups in total. The number of methoxy groups -OCH3 is 1. The van der Waals surface area contributed by atoms with Crippen LogP contribution in [0.1, 0.15) is 17.4 Å². The van der Waals surface area contributed by atoms with Crippen molar-refractivity contribution in [3.63, 3.8) is 0 Å². The predicted octanol–water partition coefficient (Wildman–Crippen LogP) is 0.285. The van der Waals surface area contributed by atoms with Crippen molar-refractivity contribution < 1.29 is 9.53 Å². The van der Waals surface area contributed by atoms with E-state index < -0.39 is 5.97 Å². The van der Waals surface area contributed by atoms with Crippen LogP contribution in [0, 0.1) is 0 Å². The Hall–Kier alpha value is -1.69. The normalized spacial score (nSPS) is 9.88. The summed E-state index contributed by atoms with van der Waals surface area (Å²) >= 11 is 0. The predicted molar refractivity (Wildman–Crippen MR) is 60.4 cm³/mol. The van der Waals surface area contributed by atoms with Crippen LogP contribution in [0.4, 0.5) is 5.82 Å². The van der Waals surface area contributed by atoms with E-state index in [1.165, 1.54) is 7.11 Å². The van der Waals surface area contributed by atoms with E-state index in [2.05, 4.69) is 25.6 Å². The van der Waals surface area contributed by atoms with E-state index in [1.807, 2.05) is 6.92 Å². The fraction of sp³-hybridized carbons (Fsp3) is 0.500. The summed E-state index contributed by atoms with van der Waals surface area (Å²) in [6, 6.07) is 3.28. The van der Waals surface area contributed by atoms with E-state index in [0.717, 1.165) is 19.6 Å². The van der Waals surface area contributed by atoms with Gasteiger partial charge in [0, 0.05) is 13.1 Å². The number of carbonyl (C=O) groups is 1. The molecule has 1 rings (SSSR count). The van der Waals surface area contributed by atoms with Crippen LogP contribution in [0.25, 0.3) is 0 Å². The molecule has 16 heavy (non-hydrogen) atoms. The van der Waals surface area contributed by atoms with Gasteiger partial charge in [0.1, 0.15) is 5.82 Å². The number of esters is 1. The van der Waals surface area contributed by atoms with Gasteiger partial charge in [-0.15, -0.1) is 10.2 Å². The molecule has 0 spiro atoms. The zero-order valence-electron chi connectivity index (χ0n) is 9.49. The lowest BCUT2D eigenvalue weighted by atomic mass is 10.4. The number of hydrogen-bond donors (Lipinski definition) is 2. The minimum absolute atomic E-state index is 0.208. The van der Waals surface area contributed by atoms with Crippen molar-refractivity contribution in [2.45, 2.75) is 6.92 Å². The van der Waals surface area contributed by atoms with Gasteiger partial charge in [0.25, 0.3) is 0 Å². The molecule has 0 fully saturated rings. The Bertz CT molecular complexity index is 326. The van der Waals surface area contributed by atoms with Crippen LogP contribution in [-0.2, 0) is 4.74 Å². The number of anilines is 1. The van der Waals surface area contributed by atoms with Gasteiger partial charge in [0.05, 0.1) is 7.11 Å². The van der Waals surface area contributed by atoms with E-state index in [4.69, 9.17) is 0 Å². The maximum absolute atomic E-state index is 11.1. The molecule has 0 aliphatic heterocycles. The monoisotopic (exact) mass is 224 g/mol. The van der Waals surface area contributed by atoms with Gasteiger partial charge in [0.2, 0.25) is 0 Å². The van der Waals surface area contributed by atoms with Gasteiger partial charge in [-0.1, -0.05) is 6.92 Å². The van der Waals surface area contributed by atoms with Crippen molar-refractivity contribution in [1.82, 2.24) is 15.5 Å². The summed E-state index contributed by atoms with van der Waals surface area (Å²) in [6.45, 7) is 4.61. The van der Waals surface area contributed by atoms with Crippen molar-refractivity contribution in [3.8, 4) is 0 Å². The third kappa shape index (κ3) is 3.82. The van der Waals surface area contributed by atoms with Crippen LogP contribution in [0.5, 0.6) is 0 Å². The first-order valence-electron chi connectivity index (χ1n) is 5.14. The quantitative estimate of drug-likeness (QED) is 0.534. The van der Waals surface area contributed by atoms with Gasteiger partial charge in [-0.3, -0.25) is 0 Å². The van der Waals surface area contributed by atoms with E-state index in [-0.39, 0.29) is 5.69 Å².